The third-order valence-electron chi connectivity index (χ3n) is 2.79. The van der Waals surface area contributed by atoms with Crippen molar-refractivity contribution in [1.29, 1.82) is 0 Å². The van der Waals surface area contributed by atoms with Crippen molar-refractivity contribution in [3.05, 3.63) is 0 Å². The van der Waals surface area contributed by atoms with E-state index in [0.29, 0.717) is 25.3 Å². The van der Waals surface area contributed by atoms with Gasteiger partial charge in [0.05, 0.1) is 6.10 Å². The zero-order valence-electron chi connectivity index (χ0n) is 12.3. The highest BCUT2D eigenvalue weighted by Crippen LogP contribution is 2.26. The van der Waals surface area contributed by atoms with Gasteiger partial charge in [0.1, 0.15) is 0 Å². The second-order valence-corrected chi connectivity index (χ2v) is 6.53. The molecular weight excluding hydrogens is 214 g/mol. The smallest absolute Gasteiger partial charge is 0.222 e. The Morgan fingerprint density at radius 3 is 2.24 bits per heavy atom. The predicted octanol–water partition coefficient (Wildman–Crippen LogP) is 2.68. The lowest BCUT2D eigenvalue weighted by molar-refractivity contribution is -0.131. The summed E-state index contributed by atoms with van der Waals surface area (Å²) in [5.74, 6) is 0.596. The minimum absolute atomic E-state index is 0.183. The van der Waals surface area contributed by atoms with Crippen LogP contribution in [0.5, 0.6) is 0 Å². The number of rotatable bonds is 6. The van der Waals surface area contributed by atoms with Gasteiger partial charge in [-0.25, -0.2) is 0 Å². The van der Waals surface area contributed by atoms with Crippen molar-refractivity contribution < 1.29 is 9.90 Å². The largest absolute Gasteiger partial charge is 0.393 e. The van der Waals surface area contributed by atoms with Crippen molar-refractivity contribution >= 4 is 5.91 Å². The SMILES string of the molecule is CC(O)CCN(C)C(=O)CC(C)CC(C)(C)C. The van der Waals surface area contributed by atoms with E-state index < -0.39 is 0 Å². The summed E-state index contributed by atoms with van der Waals surface area (Å²) in [6.45, 7) is 11.1. The van der Waals surface area contributed by atoms with E-state index in [-0.39, 0.29) is 17.4 Å². The van der Waals surface area contributed by atoms with Crippen LogP contribution in [0.15, 0.2) is 0 Å². The number of carbonyl (C=O) groups excluding carboxylic acids is 1. The molecule has 3 nitrogen and oxygen atoms in total. The van der Waals surface area contributed by atoms with Gasteiger partial charge < -0.3 is 10.0 Å². The molecule has 0 aliphatic carbocycles. The first-order valence-corrected chi connectivity index (χ1v) is 6.54. The van der Waals surface area contributed by atoms with Crippen molar-refractivity contribution in [1.82, 2.24) is 4.90 Å². The fourth-order valence-corrected chi connectivity index (χ4v) is 2.08. The molecule has 1 N–H and O–H groups in total. The molecule has 0 aromatic heterocycles. The van der Waals surface area contributed by atoms with Gasteiger partial charge in [-0.2, -0.15) is 0 Å². The van der Waals surface area contributed by atoms with Gasteiger partial charge in [-0.15, -0.1) is 0 Å². The van der Waals surface area contributed by atoms with E-state index in [0.717, 1.165) is 6.42 Å². The Morgan fingerprint density at radius 1 is 1.29 bits per heavy atom. The molecule has 0 heterocycles. The average molecular weight is 243 g/mol. The van der Waals surface area contributed by atoms with E-state index in [1.165, 1.54) is 0 Å². The Kier molecular flexibility index (Phi) is 6.76. The van der Waals surface area contributed by atoms with Crippen LogP contribution in [0.2, 0.25) is 0 Å². The summed E-state index contributed by atoms with van der Waals surface area (Å²) in [7, 11) is 1.81. The molecule has 0 aliphatic rings. The van der Waals surface area contributed by atoms with Gasteiger partial charge in [0.25, 0.3) is 0 Å². The summed E-state index contributed by atoms with van der Waals surface area (Å²) in [4.78, 5) is 13.6. The molecule has 0 rings (SSSR count). The molecule has 0 fully saturated rings. The third-order valence-corrected chi connectivity index (χ3v) is 2.79. The van der Waals surface area contributed by atoms with Gasteiger partial charge in [0.15, 0.2) is 0 Å². The van der Waals surface area contributed by atoms with Gasteiger partial charge in [0, 0.05) is 20.0 Å². The number of aliphatic hydroxyl groups excluding tert-OH is 1. The molecule has 0 radical (unpaired) electrons. The van der Waals surface area contributed by atoms with E-state index in [4.69, 9.17) is 0 Å². The van der Waals surface area contributed by atoms with Crippen LogP contribution in [0.4, 0.5) is 0 Å². The van der Waals surface area contributed by atoms with Gasteiger partial charge in [-0.3, -0.25) is 4.79 Å². The molecule has 0 aliphatic heterocycles. The monoisotopic (exact) mass is 243 g/mol. The molecule has 0 saturated heterocycles. The van der Waals surface area contributed by atoms with Gasteiger partial charge in [-0.05, 0) is 31.1 Å². The highest BCUT2D eigenvalue weighted by molar-refractivity contribution is 5.76. The van der Waals surface area contributed by atoms with Crippen LogP contribution in [0, 0.1) is 11.3 Å². The lowest BCUT2D eigenvalue weighted by Gasteiger charge is -2.25. The number of aliphatic hydroxyl groups is 1. The second kappa shape index (κ2) is 7.00. The van der Waals surface area contributed by atoms with E-state index >= 15 is 0 Å². The molecule has 2 atom stereocenters. The molecular formula is C14H29NO2. The maximum absolute atomic E-state index is 11.9. The summed E-state index contributed by atoms with van der Waals surface area (Å²) < 4.78 is 0. The van der Waals surface area contributed by atoms with Gasteiger partial charge in [0.2, 0.25) is 5.91 Å². The summed E-state index contributed by atoms with van der Waals surface area (Å²) >= 11 is 0. The lowest BCUT2D eigenvalue weighted by Crippen LogP contribution is -2.31. The standard InChI is InChI=1S/C14H29NO2/c1-11(10-14(3,4)5)9-13(17)15(6)8-7-12(2)16/h11-12,16H,7-10H2,1-6H3. The topological polar surface area (TPSA) is 40.5 Å². The molecule has 0 aromatic rings. The molecule has 3 heteroatoms. The van der Waals surface area contributed by atoms with Crippen molar-refractivity contribution in [3.63, 3.8) is 0 Å². The van der Waals surface area contributed by atoms with Crippen LogP contribution in [0.25, 0.3) is 0 Å². The minimum Gasteiger partial charge on any atom is -0.393 e. The lowest BCUT2D eigenvalue weighted by atomic mass is 9.84. The number of carbonyl (C=O) groups is 1. The molecule has 0 bridgehead atoms. The molecule has 102 valence electrons. The highest BCUT2D eigenvalue weighted by Gasteiger charge is 2.19. The summed E-state index contributed by atoms with van der Waals surface area (Å²) in [6, 6.07) is 0. The first-order valence-electron chi connectivity index (χ1n) is 6.54. The van der Waals surface area contributed by atoms with E-state index in [2.05, 4.69) is 27.7 Å². The molecule has 1 amide bonds. The average Bonchev–Trinajstić information content (AvgIpc) is 2.10. The number of hydrogen-bond donors (Lipinski definition) is 1. The Bertz CT molecular complexity index is 231. The van der Waals surface area contributed by atoms with Gasteiger partial charge >= 0.3 is 0 Å². The maximum atomic E-state index is 11.9. The number of amides is 1. The summed E-state index contributed by atoms with van der Waals surface area (Å²) in [6.07, 6.45) is 1.98. The molecule has 0 saturated carbocycles. The van der Waals surface area contributed by atoms with Crippen LogP contribution < -0.4 is 0 Å². The maximum Gasteiger partial charge on any atom is 0.222 e. The van der Waals surface area contributed by atoms with Crippen LogP contribution in [0.3, 0.4) is 0 Å². The van der Waals surface area contributed by atoms with Crippen LogP contribution in [0.1, 0.15) is 53.9 Å². The number of nitrogens with zero attached hydrogens (tertiary/aromatic N) is 1. The van der Waals surface area contributed by atoms with Gasteiger partial charge in [-0.1, -0.05) is 27.7 Å². The fraction of sp³-hybridized carbons (Fsp3) is 0.929. The van der Waals surface area contributed by atoms with Crippen LogP contribution in [-0.4, -0.2) is 35.6 Å². The zero-order valence-corrected chi connectivity index (χ0v) is 12.3. The summed E-state index contributed by atoms with van der Waals surface area (Å²) in [5, 5.41) is 9.18. The minimum atomic E-state index is -0.336. The van der Waals surface area contributed by atoms with Crippen LogP contribution >= 0.6 is 0 Å². The predicted molar refractivity (Wildman–Crippen MR) is 71.8 cm³/mol. The first kappa shape index (κ1) is 16.4. The van der Waals surface area contributed by atoms with E-state index in [1.54, 1.807) is 11.8 Å². The quantitative estimate of drug-likeness (QED) is 0.779. The Hall–Kier alpha value is -0.570. The molecule has 0 aromatic carbocycles. The Labute approximate surface area is 106 Å². The number of hydrogen-bond acceptors (Lipinski definition) is 2. The van der Waals surface area contributed by atoms with E-state index in [1.807, 2.05) is 7.05 Å². The Balaban J connectivity index is 3.99. The van der Waals surface area contributed by atoms with Crippen molar-refractivity contribution in [3.8, 4) is 0 Å². The second-order valence-electron chi connectivity index (χ2n) is 6.53. The van der Waals surface area contributed by atoms with Crippen molar-refractivity contribution in [2.75, 3.05) is 13.6 Å². The summed E-state index contributed by atoms with van der Waals surface area (Å²) in [5.41, 5.74) is 0.276. The highest BCUT2D eigenvalue weighted by atomic mass is 16.3. The Morgan fingerprint density at radius 2 is 1.82 bits per heavy atom. The molecule has 17 heavy (non-hydrogen) atoms. The first-order chi connectivity index (χ1) is 7.61. The molecule has 2 unspecified atom stereocenters. The van der Waals surface area contributed by atoms with Crippen molar-refractivity contribution in [2.24, 2.45) is 11.3 Å². The normalized spacial score (nSPS) is 15.5. The fourth-order valence-electron chi connectivity index (χ4n) is 2.08. The zero-order chi connectivity index (χ0) is 13.6. The van der Waals surface area contributed by atoms with E-state index in [9.17, 15) is 9.90 Å². The molecule has 0 spiro atoms. The third kappa shape index (κ3) is 9.16. The van der Waals surface area contributed by atoms with Crippen LogP contribution in [-0.2, 0) is 4.79 Å². The van der Waals surface area contributed by atoms with Crippen molar-refractivity contribution in [2.45, 2.75) is 60.0 Å².